The number of aromatic nitrogens is 1. The van der Waals surface area contributed by atoms with Gasteiger partial charge in [-0.2, -0.15) is 5.26 Å². The number of ether oxygens (including phenoxy) is 1. The first kappa shape index (κ1) is 25.1. The van der Waals surface area contributed by atoms with Gasteiger partial charge in [-0.3, -0.25) is 4.98 Å². The number of hydrogen-bond donors (Lipinski definition) is 1. The zero-order chi connectivity index (χ0) is 26.7. The van der Waals surface area contributed by atoms with Crippen molar-refractivity contribution >= 4 is 33.3 Å². The van der Waals surface area contributed by atoms with Crippen molar-refractivity contribution < 1.29 is 14.6 Å². The standard InChI is InChI=1S/C30H34N4O3S/c1-29(2,3)37-28(36)34-17-21(15-30(34)8-5-9-30)33-11-4-6-20-12-19(16-31)13-24(26(20)33)23-7-10-32-25-14-22(18-35)38-27(23)25/h7,10,12-14,21,35H,4-6,8-9,11,15,17-18H2,1-3H3/t21-/m0/s1. The number of aliphatic hydroxyl groups is 1. The van der Waals surface area contributed by atoms with Crippen molar-refractivity contribution in [3.8, 4) is 17.2 Å². The lowest BCUT2D eigenvalue weighted by Crippen LogP contribution is -2.53. The van der Waals surface area contributed by atoms with Crippen molar-refractivity contribution in [2.75, 3.05) is 18.0 Å². The van der Waals surface area contributed by atoms with Crippen molar-refractivity contribution in [2.45, 2.75) is 83.1 Å². The van der Waals surface area contributed by atoms with Crippen LogP contribution in [0.4, 0.5) is 10.5 Å². The molecule has 1 aliphatic carbocycles. The van der Waals surface area contributed by atoms with Crippen molar-refractivity contribution in [3.63, 3.8) is 0 Å². The molecule has 1 aromatic carbocycles. The number of nitrogens with zero attached hydrogens (tertiary/aromatic N) is 4. The Labute approximate surface area is 227 Å². The summed E-state index contributed by atoms with van der Waals surface area (Å²) in [5.41, 5.74) is 5.31. The number of likely N-dealkylation sites (tertiary alicyclic amines) is 1. The molecule has 198 valence electrons. The van der Waals surface area contributed by atoms with E-state index >= 15 is 0 Å². The number of amides is 1. The quantitative estimate of drug-likeness (QED) is 0.446. The molecule has 6 rings (SSSR count). The maximum Gasteiger partial charge on any atom is 0.410 e. The number of thiophene rings is 1. The smallest absolute Gasteiger partial charge is 0.410 e. The highest BCUT2D eigenvalue weighted by atomic mass is 32.1. The zero-order valence-electron chi connectivity index (χ0n) is 22.3. The van der Waals surface area contributed by atoms with Crippen molar-refractivity contribution in [1.82, 2.24) is 9.88 Å². The number of aryl methyl sites for hydroxylation is 1. The summed E-state index contributed by atoms with van der Waals surface area (Å²) in [6, 6.07) is 10.6. The van der Waals surface area contributed by atoms with E-state index in [1.165, 1.54) is 11.3 Å². The van der Waals surface area contributed by atoms with Crippen LogP contribution in [-0.4, -0.2) is 51.4 Å². The Morgan fingerprint density at radius 1 is 1.26 bits per heavy atom. The van der Waals surface area contributed by atoms with Gasteiger partial charge in [0.2, 0.25) is 0 Å². The summed E-state index contributed by atoms with van der Waals surface area (Å²) in [4.78, 5) is 23.3. The second-order valence-electron chi connectivity index (χ2n) is 11.9. The minimum atomic E-state index is -0.528. The van der Waals surface area contributed by atoms with E-state index in [2.05, 4.69) is 16.0 Å². The Morgan fingerprint density at radius 2 is 2.08 bits per heavy atom. The molecular formula is C30H34N4O3S. The summed E-state index contributed by atoms with van der Waals surface area (Å²) in [5.74, 6) is 0. The highest BCUT2D eigenvalue weighted by molar-refractivity contribution is 7.19. The van der Waals surface area contributed by atoms with Crippen LogP contribution in [0.3, 0.4) is 0 Å². The molecular weight excluding hydrogens is 496 g/mol. The summed E-state index contributed by atoms with van der Waals surface area (Å²) in [6.45, 7) is 7.31. The van der Waals surface area contributed by atoms with Gasteiger partial charge in [-0.15, -0.1) is 11.3 Å². The lowest BCUT2D eigenvalue weighted by Gasteiger charge is -2.45. The SMILES string of the molecule is CC(C)(C)OC(=O)N1C[C@@H](N2CCCc3cc(C#N)cc(-c4ccnc5cc(CO)sc45)c32)CC12CCC2. The van der Waals surface area contributed by atoms with Crippen LogP contribution >= 0.6 is 11.3 Å². The van der Waals surface area contributed by atoms with Gasteiger partial charge < -0.3 is 19.6 Å². The third-order valence-corrected chi connectivity index (χ3v) is 9.42. The molecule has 0 unspecified atom stereocenters. The van der Waals surface area contributed by atoms with Gasteiger partial charge in [-0.1, -0.05) is 0 Å². The highest BCUT2D eigenvalue weighted by Crippen LogP contribution is 2.50. The average molecular weight is 531 g/mol. The molecule has 7 nitrogen and oxygen atoms in total. The molecule has 1 N–H and O–H groups in total. The van der Waals surface area contributed by atoms with E-state index in [0.717, 1.165) is 71.3 Å². The van der Waals surface area contributed by atoms with E-state index in [1.807, 2.05) is 56.1 Å². The van der Waals surface area contributed by atoms with E-state index in [9.17, 15) is 15.2 Å². The molecule has 0 radical (unpaired) electrons. The van der Waals surface area contributed by atoms with Crippen molar-refractivity contribution in [3.05, 3.63) is 46.5 Å². The first-order valence-corrected chi connectivity index (χ1v) is 14.4. The summed E-state index contributed by atoms with van der Waals surface area (Å²) in [6.07, 6.45) is 7.65. The third kappa shape index (κ3) is 4.22. The molecule has 1 saturated heterocycles. The monoisotopic (exact) mass is 530 g/mol. The number of fused-ring (bicyclic) bond motifs is 2. The normalized spacial score (nSPS) is 20.3. The van der Waals surface area contributed by atoms with Crippen LogP contribution in [0.2, 0.25) is 0 Å². The first-order chi connectivity index (χ1) is 18.2. The molecule has 1 saturated carbocycles. The van der Waals surface area contributed by atoms with Crippen LogP contribution in [0, 0.1) is 11.3 Å². The third-order valence-electron chi connectivity index (χ3n) is 8.28. The summed E-state index contributed by atoms with van der Waals surface area (Å²) in [5, 5.41) is 19.6. The molecule has 1 amide bonds. The Balaban J connectivity index is 1.44. The Bertz CT molecular complexity index is 1450. The number of anilines is 1. The highest BCUT2D eigenvalue weighted by Gasteiger charge is 2.54. The van der Waals surface area contributed by atoms with Gasteiger partial charge in [0.15, 0.2) is 0 Å². The predicted octanol–water partition coefficient (Wildman–Crippen LogP) is 6.01. The van der Waals surface area contributed by atoms with E-state index < -0.39 is 5.60 Å². The fourth-order valence-electron chi connectivity index (χ4n) is 6.56. The van der Waals surface area contributed by atoms with Crippen molar-refractivity contribution in [2.24, 2.45) is 0 Å². The fourth-order valence-corrected chi connectivity index (χ4v) is 7.56. The molecule has 1 atom stereocenters. The number of pyridine rings is 1. The lowest BCUT2D eigenvalue weighted by atomic mass is 9.74. The number of hydrogen-bond acceptors (Lipinski definition) is 7. The number of benzene rings is 1. The van der Waals surface area contributed by atoms with Gasteiger partial charge in [-0.05, 0) is 89.1 Å². The largest absolute Gasteiger partial charge is 0.444 e. The summed E-state index contributed by atoms with van der Waals surface area (Å²) in [7, 11) is 0. The number of carbonyl (C=O) groups is 1. The maximum atomic E-state index is 13.3. The Kier molecular flexibility index (Phi) is 6.12. The van der Waals surface area contributed by atoms with Gasteiger partial charge in [-0.25, -0.2) is 4.79 Å². The van der Waals surface area contributed by atoms with Crippen LogP contribution < -0.4 is 4.90 Å². The molecule has 4 heterocycles. The van der Waals surface area contributed by atoms with E-state index in [0.29, 0.717) is 12.1 Å². The van der Waals surface area contributed by atoms with Crippen LogP contribution in [0.15, 0.2) is 30.5 Å². The van der Waals surface area contributed by atoms with Crippen LogP contribution in [0.1, 0.15) is 68.9 Å². The Morgan fingerprint density at radius 3 is 2.76 bits per heavy atom. The fraction of sp³-hybridized carbons (Fsp3) is 0.500. The van der Waals surface area contributed by atoms with E-state index in [4.69, 9.17) is 4.74 Å². The van der Waals surface area contributed by atoms with Gasteiger partial charge >= 0.3 is 6.09 Å². The molecule has 8 heteroatoms. The first-order valence-electron chi connectivity index (χ1n) is 13.5. The zero-order valence-corrected chi connectivity index (χ0v) is 23.1. The minimum Gasteiger partial charge on any atom is -0.444 e. The molecule has 38 heavy (non-hydrogen) atoms. The minimum absolute atomic E-state index is 0.0202. The summed E-state index contributed by atoms with van der Waals surface area (Å²) >= 11 is 1.56. The molecule has 2 aliphatic heterocycles. The topological polar surface area (TPSA) is 89.7 Å². The van der Waals surface area contributed by atoms with Gasteiger partial charge in [0.25, 0.3) is 0 Å². The molecule has 2 fully saturated rings. The predicted molar refractivity (Wildman–Crippen MR) is 149 cm³/mol. The van der Waals surface area contributed by atoms with Gasteiger partial charge in [0.05, 0.1) is 28.5 Å². The molecule has 3 aromatic rings. The number of aliphatic hydroxyl groups excluding tert-OH is 1. The second kappa shape index (κ2) is 9.25. The molecule has 3 aliphatic rings. The summed E-state index contributed by atoms with van der Waals surface area (Å²) < 4.78 is 6.87. The van der Waals surface area contributed by atoms with Crippen LogP contribution in [0.5, 0.6) is 0 Å². The number of rotatable bonds is 3. The Hall–Kier alpha value is -3.15. The van der Waals surface area contributed by atoms with Crippen LogP contribution in [-0.2, 0) is 17.8 Å². The molecule has 0 bridgehead atoms. The second-order valence-corrected chi connectivity index (χ2v) is 13.0. The van der Waals surface area contributed by atoms with E-state index in [1.54, 1.807) is 11.3 Å². The van der Waals surface area contributed by atoms with Crippen molar-refractivity contribution in [1.29, 1.82) is 5.26 Å². The molecule has 1 spiro atoms. The lowest BCUT2D eigenvalue weighted by molar-refractivity contribution is -0.00979. The number of nitriles is 1. The van der Waals surface area contributed by atoms with Gasteiger partial charge in [0.1, 0.15) is 5.60 Å². The maximum absolute atomic E-state index is 13.3. The average Bonchev–Trinajstić information content (AvgIpc) is 3.49. The number of carbonyl (C=O) groups excluding carboxylic acids is 1. The molecule has 2 aromatic heterocycles. The van der Waals surface area contributed by atoms with Crippen LogP contribution in [0.25, 0.3) is 21.3 Å². The van der Waals surface area contributed by atoms with E-state index in [-0.39, 0.29) is 24.3 Å². The van der Waals surface area contributed by atoms with Gasteiger partial charge in [0, 0.05) is 52.6 Å².